The molecule has 0 fully saturated rings. The van der Waals surface area contributed by atoms with Crippen LogP contribution in [0, 0.1) is 18.6 Å². The summed E-state index contributed by atoms with van der Waals surface area (Å²) in [5.74, 6) is -1.57. The maximum atomic E-state index is 13.8. The predicted molar refractivity (Wildman–Crippen MR) is 74.4 cm³/mol. The average molecular weight is 279 g/mol. The molecule has 1 unspecified atom stereocenters. The van der Waals surface area contributed by atoms with Crippen LogP contribution in [0.5, 0.6) is 0 Å². The smallest absolute Gasteiger partial charge is 0.162 e. The zero-order valence-corrected chi connectivity index (χ0v) is 12.0. The van der Waals surface area contributed by atoms with Gasteiger partial charge in [0.15, 0.2) is 11.6 Å². The van der Waals surface area contributed by atoms with Crippen molar-refractivity contribution in [2.75, 3.05) is 6.54 Å². The van der Waals surface area contributed by atoms with E-state index in [1.54, 1.807) is 10.7 Å². The number of nitrogens with one attached hydrogen (secondary N) is 1. The molecule has 2 rings (SSSR count). The Morgan fingerprint density at radius 2 is 2.10 bits per heavy atom. The Hall–Kier alpha value is -1.75. The molecule has 1 aromatic carbocycles. The molecule has 0 amide bonds. The molecule has 1 aromatic heterocycles. The second-order valence-corrected chi connectivity index (χ2v) is 4.87. The maximum Gasteiger partial charge on any atom is 0.162 e. The van der Waals surface area contributed by atoms with Crippen LogP contribution in [-0.4, -0.2) is 16.3 Å². The van der Waals surface area contributed by atoms with Crippen LogP contribution in [0.3, 0.4) is 0 Å². The average Bonchev–Trinajstić information content (AvgIpc) is 2.73. The first-order valence-corrected chi connectivity index (χ1v) is 6.69. The summed E-state index contributed by atoms with van der Waals surface area (Å²) in [6, 6.07) is 4.21. The third-order valence-electron chi connectivity index (χ3n) is 3.33. The molecule has 0 aliphatic carbocycles. The van der Waals surface area contributed by atoms with Crippen LogP contribution in [-0.2, 0) is 13.5 Å². The van der Waals surface area contributed by atoms with Gasteiger partial charge < -0.3 is 5.32 Å². The van der Waals surface area contributed by atoms with Crippen molar-refractivity contribution >= 4 is 0 Å². The molecule has 0 spiro atoms. The maximum absolute atomic E-state index is 13.8. The van der Waals surface area contributed by atoms with Gasteiger partial charge in [-0.3, -0.25) is 4.68 Å². The summed E-state index contributed by atoms with van der Waals surface area (Å²) in [5, 5.41) is 7.61. The summed E-state index contributed by atoms with van der Waals surface area (Å²) in [4.78, 5) is 0. The zero-order valence-electron chi connectivity index (χ0n) is 12.0. The minimum absolute atomic E-state index is 0.0787. The Balaban J connectivity index is 2.30. The number of nitrogens with zero attached hydrogens (tertiary/aromatic N) is 2. The van der Waals surface area contributed by atoms with Crippen molar-refractivity contribution in [2.45, 2.75) is 26.3 Å². The SMILES string of the molecule is CCNC(Cc1cccc(F)c1F)c1cn(C)nc1C. The van der Waals surface area contributed by atoms with Gasteiger partial charge in [0, 0.05) is 24.8 Å². The van der Waals surface area contributed by atoms with Gasteiger partial charge in [0.25, 0.3) is 0 Å². The van der Waals surface area contributed by atoms with Gasteiger partial charge in [-0.15, -0.1) is 0 Å². The summed E-state index contributed by atoms with van der Waals surface area (Å²) in [6.45, 7) is 4.65. The Kier molecular flexibility index (Phi) is 4.49. The van der Waals surface area contributed by atoms with Crippen molar-refractivity contribution in [3.63, 3.8) is 0 Å². The van der Waals surface area contributed by atoms with Crippen molar-refractivity contribution in [1.82, 2.24) is 15.1 Å². The molecule has 1 N–H and O–H groups in total. The largest absolute Gasteiger partial charge is 0.310 e. The van der Waals surface area contributed by atoms with E-state index >= 15 is 0 Å². The van der Waals surface area contributed by atoms with Gasteiger partial charge in [-0.1, -0.05) is 19.1 Å². The van der Waals surface area contributed by atoms with Gasteiger partial charge in [0.2, 0.25) is 0 Å². The highest BCUT2D eigenvalue weighted by atomic mass is 19.2. The highest BCUT2D eigenvalue weighted by molar-refractivity contribution is 5.26. The Bertz CT molecular complexity index is 593. The van der Waals surface area contributed by atoms with Crippen LogP contribution < -0.4 is 5.32 Å². The minimum Gasteiger partial charge on any atom is -0.310 e. The van der Waals surface area contributed by atoms with Gasteiger partial charge in [0.05, 0.1) is 5.69 Å². The molecule has 20 heavy (non-hydrogen) atoms. The number of hydrogen-bond acceptors (Lipinski definition) is 2. The molecular weight excluding hydrogens is 260 g/mol. The first kappa shape index (κ1) is 14.7. The van der Waals surface area contributed by atoms with E-state index in [4.69, 9.17) is 0 Å². The van der Waals surface area contributed by atoms with Crippen molar-refractivity contribution in [3.05, 3.63) is 52.9 Å². The van der Waals surface area contributed by atoms with E-state index in [9.17, 15) is 8.78 Å². The molecule has 0 aliphatic rings. The highest BCUT2D eigenvalue weighted by Gasteiger charge is 2.19. The summed E-state index contributed by atoms with van der Waals surface area (Å²) >= 11 is 0. The van der Waals surface area contributed by atoms with Crippen LogP contribution in [0.1, 0.15) is 29.8 Å². The van der Waals surface area contributed by atoms with E-state index in [1.807, 2.05) is 27.1 Å². The van der Waals surface area contributed by atoms with E-state index in [1.165, 1.54) is 6.07 Å². The van der Waals surface area contributed by atoms with Crippen LogP contribution >= 0.6 is 0 Å². The predicted octanol–water partition coefficient (Wildman–Crippen LogP) is 2.90. The second kappa shape index (κ2) is 6.13. The van der Waals surface area contributed by atoms with Crippen LogP contribution in [0.25, 0.3) is 0 Å². The van der Waals surface area contributed by atoms with Crippen molar-refractivity contribution in [2.24, 2.45) is 7.05 Å². The summed E-state index contributed by atoms with van der Waals surface area (Å²) in [6.07, 6.45) is 2.31. The van der Waals surface area contributed by atoms with Crippen molar-refractivity contribution in [1.29, 1.82) is 0 Å². The number of aryl methyl sites for hydroxylation is 2. The molecule has 0 saturated heterocycles. The fourth-order valence-corrected chi connectivity index (χ4v) is 2.42. The minimum atomic E-state index is -0.805. The molecule has 3 nitrogen and oxygen atoms in total. The summed E-state index contributed by atoms with van der Waals surface area (Å²) in [7, 11) is 1.85. The normalized spacial score (nSPS) is 12.7. The number of rotatable bonds is 5. The fraction of sp³-hybridized carbons (Fsp3) is 0.400. The molecule has 1 heterocycles. The highest BCUT2D eigenvalue weighted by Crippen LogP contribution is 2.23. The second-order valence-electron chi connectivity index (χ2n) is 4.87. The van der Waals surface area contributed by atoms with Gasteiger partial charge in [0.1, 0.15) is 0 Å². The molecule has 2 aromatic rings. The van der Waals surface area contributed by atoms with E-state index in [0.717, 1.165) is 23.9 Å². The molecule has 108 valence electrons. The molecule has 5 heteroatoms. The summed E-state index contributed by atoms with van der Waals surface area (Å²) in [5.41, 5.74) is 2.28. The number of likely N-dealkylation sites (N-methyl/N-ethyl adjacent to an activating group) is 1. The van der Waals surface area contributed by atoms with Crippen molar-refractivity contribution < 1.29 is 8.78 Å². The third-order valence-corrected chi connectivity index (χ3v) is 3.33. The number of halogens is 2. The quantitative estimate of drug-likeness (QED) is 0.912. The zero-order chi connectivity index (χ0) is 14.7. The monoisotopic (exact) mass is 279 g/mol. The van der Waals surface area contributed by atoms with Gasteiger partial charge in [-0.2, -0.15) is 5.10 Å². The third kappa shape index (κ3) is 3.04. The lowest BCUT2D eigenvalue weighted by molar-refractivity contribution is 0.480. The van der Waals surface area contributed by atoms with E-state index < -0.39 is 11.6 Å². The topological polar surface area (TPSA) is 29.9 Å². The first-order chi connectivity index (χ1) is 9.52. The fourth-order valence-electron chi connectivity index (χ4n) is 2.42. The number of benzene rings is 1. The van der Waals surface area contributed by atoms with Crippen LogP contribution in [0.15, 0.2) is 24.4 Å². The van der Waals surface area contributed by atoms with Crippen LogP contribution in [0.2, 0.25) is 0 Å². The lowest BCUT2D eigenvalue weighted by Crippen LogP contribution is -2.23. The molecule has 0 saturated carbocycles. The lowest BCUT2D eigenvalue weighted by atomic mass is 9.99. The first-order valence-electron chi connectivity index (χ1n) is 6.69. The van der Waals surface area contributed by atoms with Gasteiger partial charge >= 0.3 is 0 Å². The van der Waals surface area contributed by atoms with Gasteiger partial charge in [-0.25, -0.2) is 8.78 Å². The van der Waals surface area contributed by atoms with E-state index in [0.29, 0.717) is 12.0 Å². The summed E-state index contributed by atoms with van der Waals surface area (Å²) < 4.78 is 28.8. The van der Waals surface area contributed by atoms with Gasteiger partial charge in [-0.05, 0) is 31.5 Å². The molecule has 0 aliphatic heterocycles. The molecular formula is C15H19F2N3. The van der Waals surface area contributed by atoms with E-state index in [2.05, 4.69) is 10.4 Å². The standard InChI is InChI=1S/C15H19F2N3/c1-4-18-14(12-9-20(3)19-10(12)2)8-11-6-5-7-13(16)15(11)17/h5-7,9,14,18H,4,8H2,1-3H3. The Labute approximate surface area is 117 Å². The van der Waals surface area contributed by atoms with Crippen LogP contribution in [0.4, 0.5) is 8.78 Å². The lowest BCUT2D eigenvalue weighted by Gasteiger charge is -2.18. The Morgan fingerprint density at radius 3 is 2.70 bits per heavy atom. The number of hydrogen-bond donors (Lipinski definition) is 1. The molecule has 0 bridgehead atoms. The Morgan fingerprint density at radius 1 is 1.35 bits per heavy atom. The molecule has 0 radical (unpaired) electrons. The van der Waals surface area contributed by atoms with Crippen molar-refractivity contribution in [3.8, 4) is 0 Å². The number of aromatic nitrogens is 2. The van der Waals surface area contributed by atoms with E-state index in [-0.39, 0.29) is 6.04 Å². The molecule has 1 atom stereocenters.